The molecule has 0 bridgehead atoms. The van der Waals surface area contributed by atoms with Crippen LogP contribution in [0.3, 0.4) is 0 Å². The lowest BCUT2D eigenvalue weighted by molar-refractivity contribution is 0.0992. The molecule has 3 heteroatoms. The van der Waals surface area contributed by atoms with E-state index in [0.717, 1.165) is 9.14 Å². The van der Waals surface area contributed by atoms with Gasteiger partial charge in [-0.25, -0.2) is 0 Å². The second-order valence-corrected chi connectivity index (χ2v) is 4.78. The summed E-state index contributed by atoms with van der Waals surface area (Å²) >= 11 is 7.95. The monoisotopic (exact) mass is 320 g/mol. The van der Waals surface area contributed by atoms with Gasteiger partial charge >= 0.3 is 0 Å². The Balaban J connectivity index is 3.00. The molecule has 74 valence electrons. The van der Waals surface area contributed by atoms with Gasteiger partial charge < -0.3 is 0 Å². The SMILES string of the molecule is C=C(C)CC(=O)c1cc(Cl)ccc1I. The molecule has 14 heavy (non-hydrogen) atoms. The Kier molecular flexibility index (Phi) is 4.13. The van der Waals surface area contributed by atoms with Crippen molar-refractivity contribution in [2.45, 2.75) is 13.3 Å². The number of hydrogen-bond donors (Lipinski definition) is 0. The lowest BCUT2D eigenvalue weighted by Gasteiger charge is -2.03. The smallest absolute Gasteiger partial charge is 0.167 e. The number of hydrogen-bond acceptors (Lipinski definition) is 1. The van der Waals surface area contributed by atoms with Gasteiger partial charge in [0.15, 0.2) is 5.78 Å². The number of Topliss-reactive ketones (excluding diaryl/α,β-unsaturated/α-hetero) is 1. The highest BCUT2D eigenvalue weighted by atomic mass is 127. The highest BCUT2D eigenvalue weighted by Crippen LogP contribution is 2.20. The maximum atomic E-state index is 11.7. The molecular formula is C11H10ClIO. The summed E-state index contributed by atoms with van der Waals surface area (Å²) in [6.07, 6.45) is 0.385. The van der Waals surface area contributed by atoms with Crippen molar-refractivity contribution in [3.63, 3.8) is 0 Å². The first-order valence-corrected chi connectivity index (χ1v) is 5.59. The molecule has 1 rings (SSSR count). The summed E-state index contributed by atoms with van der Waals surface area (Å²) in [7, 11) is 0. The van der Waals surface area contributed by atoms with Gasteiger partial charge in [0, 0.05) is 20.6 Å². The molecule has 1 aromatic carbocycles. The lowest BCUT2D eigenvalue weighted by atomic mass is 10.1. The first kappa shape index (κ1) is 11.7. The Bertz CT molecular complexity index is 385. The van der Waals surface area contributed by atoms with Gasteiger partial charge in [0.1, 0.15) is 0 Å². The van der Waals surface area contributed by atoms with Gasteiger partial charge in [-0.3, -0.25) is 4.79 Å². The molecule has 0 fully saturated rings. The molecule has 0 amide bonds. The Morgan fingerprint density at radius 3 is 2.79 bits per heavy atom. The fourth-order valence-electron chi connectivity index (χ4n) is 1.08. The van der Waals surface area contributed by atoms with Crippen LogP contribution in [0, 0.1) is 3.57 Å². The van der Waals surface area contributed by atoms with Crippen molar-refractivity contribution in [1.29, 1.82) is 0 Å². The molecule has 0 radical (unpaired) electrons. The maximum absolute atomic E-state index is 11.7. The van der Waals surface area contributed by atoms with Crippen molar-refractivity contribution in [3.05, 3.63) is 44.5 Å². The fraction of sp³-hybridized carbons (Fsp3) is 0.182. The Hall–Kier alpha value is -0.350. The molecule has 0 aliphatic heterocycles. The quantitative estimate of drug-likeness (QED) is 0.466. The van der Waals surface area contributed by atoms with E-state index in [1.165, 1.54) is 0 Å². The molecule has 0 aliphatic rings. The van der Waals surface area contributed by atoms with Crippen molar-refractivity contribution < 1.29 is 4.79 Å². The molecule has 0 aliphatic carbocycles. The van der Waals surface area contributed by atoms with E-state index in [1.807, 2.05) is 13.0 Å². The van der Waals surface area contributed by atoms with Crippen LogP contribution in [0.5, 0.6) is 0 Å². The molecule has 0 N–H and O–H groups in total. The normalized spacial score (nSPS) is 9.93. The third-order valence-corrected chi connectivity index (χ3v) is 2.87. The number of rotatable bonds is 3. The molecule has 0 heterocycles. The summed E-state index contributed by atoms with van der Waals surface area (Å²) in [4.78, 5) is 11.7. The minimum Gasteiger partial charge on any atom is -0.294 e. The summed E-state index contributed by atoms with van der Waals surface area (Å²) in [6, 6.07) is 5.32. The van der Waals surface area contributed by atoms with Gasteiger partial charge in [0.25, 0.3) is 0 Å². The van der Waals surface area contributed by atoms with Gasteiger partial charge in [-0.05, 0) is 47.7 Å². The van der Waals surface area contributed by atoms with Crippen molar-refractivity contribution in [2.75, 3.05) is 0 Å². The minimum atomic E-state index is 0.0735. The van der Waals surface area contributed by atoms with E-state index in [2.05, 4.69) is 29.2 Å². The van der Waals surface area contributed by atoms with E-state index in [1.54, 1.807) is 12.1 Å². The zero-order chi connectivity index (χ0) is 10.7. The number of carbonyl (C=O) groups excluding carboxylic acids is 1. The van der Waals surface area contributed by atoms with Crippen LogP contribution < -0.4 is 0 Å². The van der Waals surface area contributed by atoms with Crippen LogP contribution >= 0.6 is 34.2 Å². The Morgan fingerprint density at radius 2 is 2.21 bits per heavy atom. The second kappa shape index (κ2) is 4.94. The predicted octanol–water partition coefficient (Wildman–Crippen LogP) is 4.09. The molecule has 0 atom stereocenters. The van der Waals surface area contributed by atoms with E-state index in [-0.39, 0.29) is 5.78 Å². The Morgan fingerprint density at radius 1 is 1.57 bits per heavy atom. The van der Waals surface area contributed by atoms with Gasteiger partial charge in [-0.2, -0.15) is 0 Å². The third kappa shape index (κ3) is 3.10. The van der Waals surface area contributed by atoms with Gasteiger partial charge in [-0.15, -0.1) is 0 Å². The predicted molar refractivity (Wildman–Crippen MR) is 67.9 cm³/mol. The first-order chi connectivity index (χ1) is 6.50. The van der Waals surface area contributed by atoms with Crippen LogP contribution in [0.4, 0.5) is 0 Å². The van der Waals surface area contributed by atoms with E-state index < -0.39 is 0 Å². The fourth-order valence-corrected chi connectivity index (χ4v) is 1.89. The third-order valence-electron chi connectivity index (χ3n) is 1.69. The van der Waals surface area contributed by atoms with Crippen molar-refractivity contribution in [3.8, 4) is 0 Å². The van der Waals surface area contributed by atoms with Gasteiger partial charge in [0.2, 0.25) is 0 Å². The van der Waals surface area contributed by atoms with Crippen molar-refractivity contribution in [2.24, 2.45) is 0 Å². The van der Waals surface area contributed by atoms with E-state index >= 15 is 0 Å². The highest BCUT2D eigenvalue weighted by Gasteiger charge is 2.10. The zero-order valence-corrected chi connectivity index (χ0v) is 10.7. The summed E-state index contributed by atoms with van der Waals surface area (Å²) < 4.78 is 0.929. The standard InChI is InChI=1S/C11H10ClIO/c1-7(2)5-11(14)9-6-8(12)3-4-10(9)13/h3-4,6H,1,5H2,2H3. The molecule has 1 nitrogen and oxygen atoms in total. The van der Waals surface area contributed by atoms with Crippen LogP contribution in [-0.4, -0.2) is 5.78 Å². The lowest BCUT2D eigenvalue weighted by Crippen LogP contribution is -2.01. The summed E-state index contributed by atoms with van der Waals surface area (Å²) in [6.45, 7) is 5.56. The van der Waals surface area contributed by atoms with Crippen LogP contribution in [-0.2, 0) is 0 Å². The first-order valence-electron chi connectivity index (χ1n) is 4.13. The second-order valence-electron chi connectivity index (χ2n) is 3.18. The average molecular weight is 321 g/mol. The van der Waals surface area contributed by atoms with Crippen molar-refractivity contribution in [1.82, 2.24) is 0 Å². The van der Waals surface area contributed by atoms with Crippen molar-refractivity contribution >= 4 is 40.0 Å². The maximum Gasteiger partial charge on any atom is 0.167 e. The number of carbonyl (C=O) groups is 1. The molecule has 1 aromatic rings. The number of ketones is 1. The molecular weight excluding hydrogens is 310 g/mol. The summed E-state index contributed by atoms with van der Waals surface area (Å²) in [5.41, 5.74) is 1.55. The molecule has 0 saturated heterocycles. The number of halogens is 2. The topological polar surface area (TPSA) is 17.1 Å². The van der Waals surface area contributed by atoms with E-state index in [0.29, 0.717) is 17.0 Å². The van der Waals surface area contributed by atoms with Gasteiger partial charge in [0.05, 0.1) is 0 Å². The molecule has 0 unspecified atom stereocenters. The molecule has 0 aromatic heterocycles. The Labute approximate surface area is 102 Å². The number of benzene rings is 1. The molecule has 0 spiro atoms. The highest BCUT2D eigenvalue weighted by molar-refractivity contribution is 14.1. The largest absolute Gasteiger partial charge is 0.294 e. The van der Waals surface area contributed by atoms with Gasteiger partial charge in [-0.1, -0.05) is 23.8 Å². The average Bonchev–Trinajstić information content (AvgIpc) is 2.08. The van der Waals surface area contributed by atoms with Crippen LogP contribution in [0.1, 0.15) is 23.7 Å². The summed E-state index contributed by atoms with van der Waals surface area (Å²) in [5, 5.41) is 0.593. The van der Waals surface area contributed by atoms with E-state index in [9.17, 15) is 4.79 Å². The van der Waals surface area contributed by atoms with Crippen LogP contribution in [0.2, 0.25) is 5.02 Å². The number of allylic oxidation sites excluding steroid dienone is 1. The summed E-state index contributed by atoms with van der Waals surface area (Å²) in [5.74, 6) is 0.0735. The van der Waals surface area contributed by atoms with Crippen LogP contribution in [0.25, 0.3) is 0 Å². The zero-order valence-electron chi connectivity index (χ0n) is 7.81. The van der Waals surface area contributed by atoms with Crippen LogP contribution in [0.15, 0.2) is 30.4 Å². The minimum absolute atomic E-state index is 0.0735. The molecule has 0 saturated carbocycles. The van der Waals surface area contributed by atoms with E-state index in [4.69, 9.17) is 11.6 Å².